The second-order valence-electron chi connectivity index (χ2n) is 17.1. The number of phosphoric ester groups is 1. The van der Waals surface area contributed by atoms with Crippen LogP contribution in [0.15, 0.2) is 48.6 Å². The maximum atomic E-state index is 12.7. The first-order chi connectivity index (χ1) is 28.5. The molecule has 0 rings (SSSR count). The Bertz CT molecular complexity index is 1150. The summed E-state index contributed by atoms with van der Waals surface area (Å²) < 4.78 is 33.9. The lowest BCUT2D eigenvalue weighted by Crippen LogP contribution is -2.37. The second-order valence-corrected chi connectivity index (χ2v) is 18.5. The van der Waals surface area contributed by atoms with Crippen molar-refractivity contribution in [1.29, 1.82) is 0 Å². The third-order valence-corrected chi connectivity index (χ3v) is 11.1. The molecular weight excluding hydrogens is 762 g/mol. The van der Waals surface area contributed by atoms with Gasteiger partial charge in [-0.25, -0.2) is 0 Å². The molecule has 0 aromatic rings. The van der Waals surface area contributed by atoms with Crippen molar-refractivity contribution < 1.29 is 42.1 Å². The number of likely N-dealkylation sites (N-methyl/N-ethyl adjacent to an activating group) is 1. The highest BCUT2D eigenvalue weighted by Gasteiger charge is 2.21. The van der Waals surface area contributed by atoms with Crippen molar-refractivity contribution in [2.45, 2.75) is 206 Å². The molecule has 0 aromatic heterocycles. The molecule has 0 saturated carbocycles. The van der Waals surface area contributed by atoms with Crippen LogP contribution in [0.25, 0.3) is 0 Å². The number of esters is 2. The molecule has 1 unspecified atom stereocenters. The zero-order valence-corrected chi connectivity index (χ0v) is 39.6. The molecule has 0 saturated heterocycles. The van der Waals surface area contributed by atoms with E-state index in [1.54, 1.807) is 0 Å². The topological polar surface area (TPSA) is 111 Å². The number of ether oxygens (including phenoxy) is 2. The van der Waals surface area contributed by atoms with Gasteiger partial charge in [0.1, 0.15) is 19.8 Å². The lowest BCUT2D eigenvalue weighted by Gasteiger charge is -2.28. The molecule has 0 heterocycles. The van der Waals surface area contributed by atoms with Gasteiger partial charge in [0.15, 0.2) is 6.10 Å². The smallest absolute Gasteiger partial charge is 0.306 e. The maximum absolute atomic E-state index is 12.7. The minimum atomic E-state index is -4.64. The van der Waals surface area contributed by atoms with Gasteiger partial charge in [-0.3, -0.25) is 14.2 Å². The Balaban J connectivity index is 4.32. The highest BCUT2D eigenvalue weighted by Crippen LogP contribution is 2.38. The third kappa shape index (κ3) is 45.3. The second kappa shape index (κ2) is 41.3. The van der Waals surface area contributed by atoms with Crippen molar-refractivity contribution in [3.63, 3.8) is 0 Å². The van der Waals surface area contributed by atoms with Gasteiger partial charge in [-0.15, -0.1) is 0 Å². The number of allylic oxidation sites excluding steroid dienone is 8. The molecule has 0 bridgehead atoms. The summed E-state index contributed by atoms with van der Waals surface area (Å²) in [5.41, 5.74) is 0. The van der Waals surface area contributed by atoms with Crippen molar-refractivity contribution in [1.82, 2.24) is 0 Å². The first-order valence-electron chi connectivity index (χ1n) is 23.8. The lowest BCUT2D eigenvalue weighted by molar-refractivity contribution is -0.870. The van der Waals surface area contributed by atoms with Gasteiger partial charge in [0.05, 0.1) is 27.7 Å². The van der Waals surface area contributed by atoms with E-state index in [1.807, 2.05) is 21.1 Å². The van der Waals surface area contributed by atoms with E-state index in [2.05, 4.69) is 62.5 Å². The Kier molecular flexibility index (Phi) is 39.9. The molecule has 0 aliphatic heterocycles. The van der Waals surface area contributed by atoms with E-state index in [-0.39, 0.29) is 26.1 Å². The van der Waals surface area contributed by atoms with Crippen molar-refractivity contribution in [3.05, 3.63) is 48.6 Å². The highest BCUT2D eigenvalue weighted by atomic mass is 31.2. The number of nitrogens with zero attached hydrogens (tertiary/aromatic N) is 1. The number of hydrogen-bond donors (Lipinski definition) is 0. The molecule has 0 aliphatic carbocycles. The van der Waals surface area contributed by atoms with Gasteiger partial charge >= 0.3 is 11.9 Å². The number of unbranched alkanes of at least 4 members (excludes halogenated alkanes) is 21. The Hall–Kier alpha value is -2.03. The maximum Gasteiger partial charge on any atom is 0.306 e. The summed E-state index contributed by atoms with van der Waals surface area (Å²) in [4.78, 5) is 37.6. The fourth-order valence-corrected chi connectivity index (χ4v) is 7.14. The fraction of sp³-hybridized carbons (Fsp3) is 0.796. The molecule has 0 aliphatic rings. The number of rotatable bonds is 43. The molecule has 344 valence electrons. The average Bonchev–Trinajstić information content (AvgIpc) is 3.19. The van der Waals surface area contributed by atoms with Crippen LogP contribution < -0.4 is 4.89 Å². The first-order valence-corrected chi connectivity index (χ1v) is 25.3. The van der Waals surface area contributed by atoms with E-state index in [0.29, 0.717) is 23.9 Å². The van der Waals surface area contributed by atoms with E-state index >= 15 is 0 Å². The molecule has 0 N–H and O–H groups in total. The molecule has 0 amide bonds. The Labute approximate surface area is 363 Å². The van der Waals surface area contributed by atoms with E-state index in [1.165, 1.54) is 103 Å². The minimum absolute atomic E-state index is 0.0376. The van der Waals surface area contributed by atoms with Gasteiger partial charge < -0.3 is 27.9 Å². The van der Waals surface area contributed by atoms with Gasteiger partial charge in [0.2, 0.25) is 0 Å². The largest absolute Gasteiger partial charge is 0.756 e. The quantitative estimate of drug-likeness (QED) is 0.0196. The van der Waals surface area contributed by atoms with E-state index in [4.69, 9.17) is 18.5 Å². The fourth-order valence-electron chi connectivity index (χ4n) is 6.41. The molecule has 0 radical (unpaired) electrons. The molecule has 59 heavy (non-hydrogen) atoms. The van der Waals surface area contributed by atoms with Gasteiger partial charge in [-0.2, -0.15) is 0 Å². The number of carbonyl (C=O) groups is 2. The standard InChI is InChI=1S/C49H90NO8P/c1-6-8-10-12-14-16-18-20-22-23-24-25-26-28-30-32-34-36-38-40-42-49(52)58-47(46-57-59(53,54)56-44-43-50(3,4)5)45-55-48(51)41-39-37-35-33-31-29-27-21-19-17-15-13-11-9-7-2/h9,11,15,17,21,27,31,33,47H,6-8,10,12-14,16,18-20,22-26,28-30,32,34-46H2,1-5H3/b11-9+,17-15+,27-21+,33-31+/t47-/m1/s1. The van der Waals surface area contributed by atoms with Gasteiger partial charge in [0, 0.05) is 12.8 Å². The van der Waals surface area contributed by atoms with E-state index in [0.717, 1.165) is 57.8 Å². The van der Waals surface area contributed by atoms with Crippen LogP contribution in [0.1, 0.15) is 200 Å². The molecule has 0 spiro atoms. The van der Waals surface area contributed by atoms with Crippen LogP contribution in [-0.2, 0) is 32.7 Å². The summed E-state index contributed by atoms with van der Waals surface area (Å²) in [5.74, 6) is -0.878. The van der Waals surface area contributed by atoms with Crippen LogP contribution in [0.3, 0.4) is 0 Å². The summed E-state index contributed by atoms with van der Waals surface area (Å²) in [6.07, 6.45) is 48.6. The zero-order chi connectivity index (χ0) is 43.6. The van der Waals surface area contributed by atoms with Crippen LogP contribution in [-0.4, -0.2) is 70.0 Å². The zero-order valence-electron chi connectivity index (χ0n) is 38.7. The van der Waals surface area contributed by atoms with Crippen molar-refractivity contribution >= 4 is 19.8 Å². The monoisotopic (exact) mass is 852 g/mol. The van der Waals surface area contributed by atoms with Gasteiger partial charge in [-0.1, -0.05) is 184 Å². The van der Waals surface area contributed by atoms with Gasteiger partial charge in [0.25, 0.3) is 7.82 Å². The first kappa shape index (κ1) is 57.0. The highest BCUT2D eigenvalue weighted by molar-refractivity contribution is 7.45. The Morgan fingerprint density at radius 2 is 0.966 bits per heavy atom. The normalized spacial score (nSPS) is 13.9. The van der Waals surface area contributed by atoms with Crippen LogP contribution in [0.5, 0.6) is 0 Å². The van der Waals surface area contributed by atoms with E-state index < -0.39 is 32.5 Å². The van der Waals surface area contributed by atoms with Crippen LogP contribution in [0.4, 0.5) is 0 Å². The number of hydrogen-bond acceptors (Lipinski definition) is 8. The van der Waals surface area contributed by atoms with Crippen LogP contribution in [0, 0.1) is 0 Å². The number of quaternary nitrogens is 1. The van der Waals surface area contributed by atoms with Crippen molar-refractivity contribution in [2.75, 3.05) is 47.5 Å². The van der Waals surface area contributed by atoms with Crippen LogP contribution >= 0.6 is 7.82 Å². The number of carbonyl (C=O) groups excluding carboxylic acids is 2. The Morgan fingerprint density at radius 1 is 0.542 bits per heavy atom. The van der Waals surface area contributed by atoms with Crippen molar-refractivity contribution in [3.8, 4) is 0 Å². The molecule has 10 heteroatoms. The minimum Gasteiger partial charge on any atom is -0.756 e. The summed E-state index contributed by atoms with van der Waals surface area (Å²) in [6.45, 7) is 4.08. The molecule has 0 aromatic carbocycles. The Morgan fingerprint density at radius 3 is 1.44 bits per heavy atom. The molecule has 2 atom stereocenters. The lowest BCUT2D eigenvalue weighted by atomic mass is 10.0. The average molecular weight is 852 g/mol. The summed E-state index contributed by atoms with van der Waals surface area (Å²) in [6, 6.07) is 0. The SMILES string of the molecule is CC/C=C/C/C=C/C/C=C/C/C=C/CCCCC(=O)OC[C@H](COP(=O)([O-])OCC[N+](C)(C)C)OC(=O)CCCCCCCCCCCCCCCCCCCCCC. The van der Waals surface area contributed by atoms with E-state index in [9.17, 15) is 19.0 Å². The molecule has 9 nitrogen and oxygen atoms in total. The predicted molar refractivity (Wildman–Crippen MR) is 245 cm³/mol. The number of phosphoric acid groups is 1. The predicted octanol–water partition coefficient (Wildman–Crippen LogP) is 13.2. The van der Waals surface area contributed by atoms with Crippen molar-refractivity contribution in [2.24, 2.45) is 0 Å². The molecule has 0 fully saturated rings. The molecular formula is C49H90NO8P. The van der Waals surface area contributed by atoms with Gasteiger partial charge in [-0.05, 0) is 51.4 Å². The summed E-state index contributed by atoms with van der Waals surface area (Å²) in [7, 11) is 1.14. The van der Waals surface area contributed by atoms with Crippen LogP contribution in [0.2, 0.25) is 0 Å². The summed E-state index contributed by atoms with van der Waals surface area (Å²) >= 11 is 0. The third-order valence-electron chi connectivity index (χ3n) is 10.1. The summed E-state index contributed by atoms with van der Waals surface area (Å²) in [5, 5.41) is 0.